The summed E-state index contributed by atoms with van der Waals surface area (Å²) in [4.78, 5) is 39.4. The number of hydrogen-bond acceptors (Lipinski definition) is 8. The Morgan fingerprint density at radius 1 is 1.09 bits per heavy atom. The number of carbonyl (C=O) groups is 3. The van der Waals surface area contributed by atoms with Gasteiger partial charge >= 0.3 is 18.0 Å². The maximum atomic E-state index is 13.3. The SMILES string of the molecule is CCOc1cc2c(cc1OCC)C(CC(=O)OC)N(C(=O)Nc1ccsc1C(=O)OC)CC2. The number of ether oxygens (including phenoxy) is 4. The van der Waals surface area contributed by atoms with Gasteiger partial charge in [0, 0.05) is 6.54 Å². The quantitative estimate of drug-likeness (QED) is 0.574. The Bertz CT molecular complexity index is 1020. The number of thiophene rings is 1. The molecule has 0 bridgehead atoms. The minimum Gasteiger partial charge on any atom is -0.490 e. The lowest BCUT2D eigenvalue weighted by molar-refractivity contribution is -0.141. The summed E-state index contributed by atoms with van der Waals surface area (Å²) in [5, 5.41) is 4.48. The van der Waals surface area contributed by atoms with E-state index in [1.54, 1.807) is 16.3 Å². The van der Waals surface area contributed by atoms with Crippen molar-refractivity contribution < 1.29 is 33.3 Å². The van der Waals surface area contributed by atoms with Gasteiger partial charge in [-0.05, 0) is 55.0 Å². The largest absolute Gasteiger partial charge is 0.490 e. The fraction of sp³-hybridized carbons (Fsp3) is 0.435. The van der Waals surface area contributed by atoms with Gasteiger partial charge in [-0.25, -0.2) is 9.59 Å². The highest BCUT2D eigenvalue weighted by Gasteiger charge is 2.34. The number of urea groups is 1. The number of fused-ring (bicyclic) bond motifs is 1. The lowest BCUT2D eigenvalue weighted by Crippen LogP contribution is -2.43. The van der Waals surface area contributed by atoms with E-state index in [1.165, 1.54) is 25.6 Å². The lowest BCUT2D eigenvalue weighted by atomic mass is 9.90. The minimum absolute atomic E-state index is 0.0238. The van der Waals surface area contributed by atoms with Crippen LogP contribution in [0.4, 0.5) is 10.5 Å². The van der Waals surface area contributed by atoms with E-state index in [4.69, 9.17) is 18.9 Å². The Morgan fingerprint density at radius 2 is 1.79 bits per heavy atom. The summed E-state index contributed by atoms with van der Waals surface area (Å²) in [5.74, 6) is 0.221. The number of esters is 2. The van der Waals surface area contributed by atoms with Crippen LogP contribution in [0.25, 0.3) is 0 Å². The molecule has 178 valence electrons. The molecule has 33 heavy (non-hydrogen) atoms. The zero-order valence-electron chi connectivity index (χ0n) is 19.1. The van der Waals surface area contributed by atoms with Crippen molar-refractivity contribution in [1.29, 1.82) is 0 Å². The molecule has 2 amide bonds. The van der Waals surface area contributed by atoms with Gasteiger partial charge in [-0.1, -0.05) is 0 Å². The van der Waals surface area contributed by atoms with E-state index in [9.17, 15) is 14.4 Å². The number of carbonyl (C=O) groups excluding carboxylic acids is 3. The fourth-order valence-electron chi connectivity index (χ4n) is 3.80. The van der Waals surface area contributed by atoms with Crippen molar-refractivity contribution in [3.05, 3.63) is 39.6 Å². The standard InChI is InChI=1S/C23H28N2O7S/c1-5-31-18-11-14-7-9-25(23(28)24-16-8-10-33-21(16)22(27)30-4)17(13-20(26)29-3)15(14)12-19(18)32-6-2/h8,10-12,17H,5-7,9,13H2,1-4H3,(H,24,28). The summed E-state index contributed by atoms with van der Waals surface area (Å²) >= 11 is 1.18. The second-order valence-electron chi connectivity index (χ2n) is 7.19. The van der Waals surface area contributed by atoms with Crippen LogP contribution in [0.3, 0.4) is 0 Å². The molecule has 1 atom stereocenters. The van der Waals surface area contributed by atoms with E-state index in [1.807, 2.05) is 26.0 Å². The number of nitrogens with zero attached hydrogens (tertiary/aromatic N) is 1. The van der Waals surface area contributed by atoms with E-state index < -0.39 is 24.0 Å². The molecule has 1 N–H and O–H groups in total. The Morgan fingerprint density at radius 3 is 2.42 bits per heavy atom. The van der Waals surface area contributed by atoms with E-state index >= 15 is 0 Å². The Labute approximate surface area is 196 Å². The first-order chi connectivity index (χ1) is 15.9. The summed E-state index contributed by atoms with van der Waals surface area (Å²) < 4.78 is 21.2. The van der Waals surface area contributed by atoms with Crippen molar-refractivity contribution in [1.82, 2.24) is 4.90 Å². The Kier molecular flexibility index (Phi) is 8.16. The molecule has 1 aliphatic heterocycles. The molecule has 1 unspecified atom stereocenters. The first-order valence-electron chi connectivity index (χ1n) is 10.7. The molecule has 9 nitrogen and oxygen atoms in total. The van der Waals surface area contributed by atoms with Gasteiger partial charge in [-0.3, -0.25) is 4.79 Å². The van der Waals surface area contributed by atoms with Gasteiger partial charge in [0.05, 0.1) is 45.6 Å². The summed E-state index contributed by atoms with van der Waals surface area (Å²) in [6.45, 7) is 5.08. The Hall–Kier alpha value is -3.27. The van der Waals surface area contributed by atoms with Gasteiger partial charge < -0.3 is 29.2 Å². The molecule has 10 heteroatoms. The zero-order valence-corrected chi connectivity index (χ0v) is 20.0. The number of rotatable bonds is 8. The van der Waals surface area contributed by atoms with E-state index in [0.717, 1.165) is 11.1 Å². The van der Waals surface area contributed by atoms with Crippen molar-refractivity contribution >= 4 is 35.0 Å². The summed E-state index contributed by atoms with van der Waals surface area (Å²) in [7, 11) is 2.60. The van der Waals surface area contributed by atoms with Crippen LogP contribution in [0.1, 0.15) is 47.1 Å². The Balaban J connectivity index is 1.96. The molecule has 1 aromatic heterocycles. The highest BCUT2D eigenvalue weighted by molar-refractivity contribution is 7.12. The summed E-state index contributed by atoms with van der Waals surface area (Å²) in [6.07, 6.45) is 0.546. The molecule has 0 saturated carbocycles. The molecule has 3 rings (SSSR count). The molecular weight excluding hydrogens is 448 g/mol. The van der Waals surface area contributed by atoms with Crippen LogP contribution in [0, 0.1) is 0 Å². The number of amides is 2. The predicted octanol–water partition coefficient (Wildman–Crippen LogP) is 4.03. The van der Waals surface area contributed by atoms with Crippen molar-refractivity contribution in [3.8, 4) is 11.5 Å². The van der Waals surface area contributed by atoms with Gasteiger partial charge in [0.1, 0.15) is 4.88 Å². The third-order valence-electron chi connectivity index (χ3n) is 5.29. The average Bonchev–Trinajstić information content (AvgIpc) is 3.27. The van der Waals surface area contributed by atoms with Crippen LogP contribution in [0.5, 0.6) is 11.5 Å². The van der Waals surface area contributed by atoms with Crippen LogP contribution in [-0.4, -0.2) is 56.8 Å². The second kappa shape index (κ2) is 11.0. The molecule has 0 fully saturated rings. The third kappa shape index (κ3) is 5.39. The first-order valence-corrected chi connectivity index (χ1v) is 11.5. The topological polar surface area (TPSA) is 103 Å². The number of benzene rings is 1. The molecule has 0 aliphatic carbocycles. The molecule has 0 saturated heterocycles. The number of hydrogen-bond donors (Lipinski definition) is 1. The average molecular weight is 477 g/mol. The van der Waals surface area contributed by atoms with E-state index in [0.29, 0.717) is 48.2 Å². The molecule has 0 radical (unpaired) electrons. The van der Waals surface area contributed by atoms with Crippen LogP contribution in [-0.2, 0) is 20.7 Å². The van der Waals surface area contributed by atoms with Crippen LogP contribution < -0.4 is 14.8 Å². The fourth-order valence-corrected chi connectivity index (χ4v) is 4.56. The second-order valence-corrected chi connectivity index (χ2v) is 8.10. The molecule has 2 aromatic rings. The van der Waals surface area contributed by atoms with Crippen molar-refractivity contribution in [2.24, 2.45) is 0 Å². The monoisotopic (exact) mass is 476 g/mol. The molecular formula is C23H28N2O7S. The zero-order chi connectivity index (χ0) is 24.0. The predicted molar refractivity (Wildman–Crippen MR) is 123 cm³/mol. The molecule has 1 aromatic carbocycles. The van der Waals surface area contributed by atoms with Gasteiger partial charge in [-0.15, -0.1) is 11.3 Å². The number of anilines is 1. The number of nitrogens with one attached hydrogen (secondary N) is 1. The normalized spacial score (nSPS) is 14.8. The van der Waals surface area contributed by atoms with Crippen molar-refractivity contribution in [2.45, 2.75) is 32.7 Å². The van der Waals surface area contributed by atoms with Crippen LogP contribution in [0.15, 0.2) is 23.6 Å². The summed E-state index contributed by atoms with van der Waals surface area (Å²) in [6, 6.07) is 4.39. The maximum Gasteiger partial charge on any atom is 0.350 e. The maximum absolute atomic E-state index is 13.3. The van der Waals surface area contributed by atoms with Crippen LogP contribution >= 0.6 is 11.3 Å². The third-order valence-corrected chi connectivity index (χ3v) is 6.18. The highest BCUT2D eigenvalue weighted by atomic mass is 32.1. The first kappa shape index (κ1) is 24.4. The molecule has 0 spiro atoms. The minimum atomic E-state index is -0.573. The van der Waals surface area contributed by atoms with Gasteiger partial charge in [0.25, 0.3) is 0 Å². The number of methoxy groups -OCH3 is 2. The van der Waals surface area contributed by atoms with Crippen molar-refractivity contribution in [3.63, 3.8) is 0 Å². The lowest BCUT2D eigenvalue weighted by Gasteiger charge is -2.37. The smallest absolute Gasteiger partial charge is 0.350 e. The summed E-state index contributed by atoms with van der Waals surface area (Å²) in [5.41, 5.74) is 2.14. The van der Waals surface area contributed by atoms with Gasteiger partial charge in [0.15, 0.2) is 11.5 Å². The van der Waals surface area contributed by atoms with Crippen LogP contribution in [0.2, 0.25) is 0 Å². The van der Waals surface area contributed by atoms with E-state index in [-0.39, 0.29) is 6.42 Å². The molecule has 2 heterocycles. The highest BCUT2D eigenvalue weighted by Crippen LogP contribution is 2.40. The van der Waals surface area contributed by atoms with E-state index in [2.05, 4.69) is 5.32 Å². The van der Waals surface area contributed by atoms with Gasteiger partial charge in [0.2, 0.25) is 0 Å². The molecule has 1 aliphatic rings. The van der Waals surface area contributed by atoms with Gasteiger partial charge in [-0.2, -0.15) is 0 Å². The van der Waals surface area contributed by atoms with Crippen molar-refractivity contribution in [2.75, 3.05) is 39.3 Å².